The molecule has 0 aliphatic rings. The molecule has 0 aromatic heterocycles. The summed E-state index contributed by atoms with van der Waals surface area (Å²) in [6, 6.07) is 5.83. The first-order valence-electron chi connectivity index (χ1n) is 6.56. The Balaban J connectivity index is 2.93. The minimum Gasteiger partial charge on any atom is -0.478 e. The number of benzene rings is 1. The third kappa shape index (κ3) is 5.32. The van der Waals surface area contributed by atoms with E-state index >= 15 is 0 Å². The van der Waals surface area contributed by atoms with Gasteiger partial charge in [-0.2, -0.15) is 0 Å². The third-order valence-corrected chi connectivity index (χ3v) is 4.80. The molecular formula is C15H21NO4S. The molecule has 6 heteroatoms. The van der Waals surface area contributed by atoms with Crippen molar-refractivity contribution in [1.29, 1.82) is 0 Å². The zero-order valence-electron chi connectivity index (χ0n) is 12.6. The van der Waals surface area contributed by atoms with E-state index in [2.05, 4.69) is 4.72 Å². The molecule has 0 heterocycles. The van der Waals surface area contributed by atoms with Crippen molar-refractivity contribution in [3.63, 3.8) is 0 Å². The van der Waals surface area contributed by atoms with Crippen LogP contribution in [0.1, 0.15) is 33.3 Å². The molecule has 0 saturated carbocycles. The van der Waals surface area contributed by atoms with Crippen LogP contribution in [0.15, 0.2) is 35.2 Å². The maximum atomic E-state index is 12.2. The lowest BCUT2D eigenvalue weighted by Gasteiger charge is -2.27. The van der Waals surface area contributed by atoms with Crippen LogP contribution in [0.5, 0.6) is 0 Å². The van der Waals surface area contributed by atoms with Gasteiger partial charge in [0.05, 0.1) is 4.90 Å². The fourth-order valence-corrected chi connectivity index (χ4v) is 2.85. The molecule has 0 radical (unpaired) electrons. The standard InChI is InChI=1S/C15H21NO4S/c1-11(15(2,3)4)16-21(19,20)13-8-5-12(6-9-13)7-10-14(17)18/h5-11,16H,1-4H3,(H,17,18)/b10-7+. The Bertz CT molecular complexity index is 625. The topological polar surface area (TPSA) is 83.5 Å². The fourth-order valence-electron chi connectivity index (χ4n) is 1.40. The van der Waals surface area contributed by atoms with Gasteiger partial charge in [0, 0.05) is 12.1 Å². The lowest BCUT2D eigenvalue weighted by Crippen LogP contribution is -2.41. The van der Waals surface area contributed by atoms with Gasteiger partial charge in [0.25, 0.3) is 0 Å². The highest BCUT2D eigenvalue weighted by Crippen LogP contribution is 2.21. The minimum atomic E-state index is -3.58. The van der Waals surface area contributed by atoms with Crippen LogP contribution in [0.3, 0.4) is 0 Å². The molecule has 2 N–H and O–H groups in total. The first-order chi connectivity index (χ1) is 9.52. The molecule has 0 amide bonds. The van der Waals surface area contributed by atoms with Gasteiger partial charge in [-0.25, -0.2) is 17.9 Å². The first kappa shape index (κ1) is 17.4. The van der Waals surface area contributed by atoms with E-state index in [0.29, 0.717) is 5.56 Å². The maximum absolute atomic E-state index is 12.2. The average molecular weight is 311 g/mol. The normalized spacial score (nSPS) is 14.3. The molecule has 0 fully saturated rings. The van der Waals surface area contributed by atoms with Crippen molar-refractivity contribution in [2.24, 2.45) is 5.41 Å². The zero-order chi connectivity index (χ0) is 16.3. The summed E-state index contributed by atoms with van der Waals surface area (Å²) in [4.78, 5) is 10.6. The molecule has 0 saturated heterocycles. The number of hydrogen-bond acceptors (Lipinski definition) is 3. The Kier molecular flexibility index (Phi) is 5.31. The highest BCUT2D eigenvalue weighted by molar-refractivity contribution is 7.89. The Labute approximate surface area is 125 Å². The summed E-state index contributed by atoms with van der Waals surface area (Å²) in [5, 5.41) is 8.54. The van der Waals surface area contributed by atoms with Crippen LogP contribution in [0.2, 0.25) is 0 Å². The lowest BCUT2D eigenvalue weighted by atomic mass is 9.89. The molecule has 0 aliphatic carbocycles. The minimum absolute atomic E-state index is 0.158. The first-order valence-corrected chi connectivity index (χ1v) is 8.04. The number of nitrogens with one attached hydrogen (secondary N) is 1. The van der Waals surface area contributed by atoms with Gasteiger partial charge in [0.1, 0.15) is 0 Å². The second-order valence-corrected chi connectivity index (χ2v) is 7.66. The number of sulfonamides is 1. The summed E-state index contributed by atoms with van der Waals surface area (Å²) in [6.45, 7) is 7.70. The van der Waals surface area contributed by atoms with E-state index in [4.69, 9.17) is 5.11 Å². The molecule has 0 bridgehead atoms. The van der Waals surface area contributed by atoms with Gasteiger partial charge < -0.3 is 5.11 Å². The number of rotatable bonds is 5. The molecule has 21 heavy (non-hydrogen) atoms. The number of hydrogen-bond donors (Lipinski definition) is 2. The summed E-state index contributed by atoms with van der Waals surface area (Å²) in [7, 11) is -3.58. The third-order valence-electron chi connectivity index (χ3n) is 3.24. The molecule has 5 nitrogen and oxygen atoms in total. The smallest absolute Gasteiger partial charge is 0.328 e. The van der Waals surface area contributed by atoms with Gasteiger partial charge in [-0.15, -0.1) is 0 Å². The van der Waals surface area contributed by atoms with Crippen LogP contribution in [-0.4, -0.2) is 25.5 Å². The van der Waals surface area contributed by atoms with Crippen molar-refractivity contribution in [2.45, 2.75) is 38.6 Å². The molecule has 1 unspecified atom stereocenters. The summed E-state index contributed by atoms with van der Waals surface area (Å²) in [6.07, 6.45) is 2.41. The highest BCUT2D eigenvalue weighted by atomic mass is 32.2. The molecule has 0 aliphatic heterocycles. The summed E-state index contributed by atoms with van der Waals surface area (Å²) >= 11 is 0. The van der Waals surface area contributed by atoms with Crippen molar-refractivity contribution in [2.75, 3.05) is 0 Å². The summed E-state index contributed by atoms with van der Waals surface area (Å²) < 4.78 is 27.1. The summed E-state index contributed by atoms with van der Waals surface area (Å²) in [5.74, 6) is -1.05. The van der Waals surface area contributed by atoms with Crippen molar-refractivity contribution in [3.05, 3.63) is 35.9 Å². The molecule has 116 valence electrons. The van der Waals surface area contributed by atoms with Crippen molar-refractivity contribution in [3.8, 4) is 0 Å². The average Bonchev–Trinajstić information content (AvgIpc) is 2.35. The zero-order valence-corrected chi connectivity index (χ0v) is 13.4. The molecule has 1 aromatic carbocycles. The van der Waals surface area contributed by atoms with Gasteiger partial charge in [-0.1, -0.05) is 32.9 Å². The van der Waals surface area contributed by atoms with Crippen LogP contribution in [-0.2, 0) is 14.8 Å². The van der Waals surface area contributed by atoms with E-state index in [9.17, 15) is 13.2 Å². The monoisotopic (exact) mass is 311 g/mol. The van der Waals surface area contributed by atoms with Gasteiger partial charge in [-0.3, -0.25) is 0 Å². The Hall–Kier alpha value is -1.66. The Morgan fingerprint density at radius 2 is 1.76 bits per heavy atom. The number of carbonyl (C=O) groups is 1. The SMILES string of the molecule is CC(NS(=O)(=O)c1ccc(/C=C/C(=O)O)cc1)C(C)(C)C. The largest absolute Gasteiger partial charge is 0.478 e. The predicted octanol–water partition coefficient (Wildman–Crippen LogP) is 2.50. The van der Waals surface area contributed by atoms with E-state index in [-0.39, 0.29) is 16.4 Å². The quantitative estimate of drug-likeness (QED) is 0.818. The van der Waals surface area contributed by atoms with E-state index in [0.717, 1.165) is 6.08 Å². The van der Waals surface area contributed by atoms with Gasteiger partial charge in [0.15, 0.2) is 0 Å². The Morgan fingerprint density at radius 1 is 1.24 bits per heavy atom. The highest BCUT2D eigenvalue weighted by Gasteiger charge is 2.25. The summed E-state index contributed by atoms with van der Waals surface area (Å²) in [5.41, 5.74) is 0.442. The molecular weight excluding hydrogens is 290 g/mol. The second kappa shape index (κ2) is 6.41. The number of carboxylic acid groups (broad SMARTS) is 1. The van der Waals surface area contributed by atoms with Crippen LogP contribution in [0, 0.1) is 5.41 Å². The molecule has 1 atom stereocenters. The van der Waals surface area contributed by atoms with Crippen LogP contribution >= 0.6 is 0 Å². The van der Waals surface area contributed by atoms with E-state index < -0.39 is 16.0 Å². The predicted molar refractivity (Wildman–Crippen MR) is 82.4 cm³/mol. The maximum Gasteiger partial charge on any atom is 0.328 e. The van der Waals surface area contributed by atoms with Crippen molar-refractivity contribution >= 4 is 22.1 Å². The van der Waals surface area contributed by atoms with E-state index in [1.54, 1.807) is 12.1 Å². The Morgan fingerprint density at radius 3 is 2.19 bits per heavy atom. The van der Waals surface area contributed by atoms with Gasteiger partial charge in [0.2, 0.25) is 10.0 Å². The molecule has 1 rings (SSSR count). The van der Waals surface area contributed by atoms with Crippen molar-refractivity contribution in [1.82, 2.24) is 4.72 Å². The van der Waals surface area contributed by atoms with Crippen molar-refractivity contribution < 1.29 is 18.3 Å². The van der Waals surface area contributed by atoms with Crippen LogP contribution in [0.25, 0.3) is 6.08 Å². The number of carboxylic acids is 1. The molecule has 1 aromatic rings. The second-order valence-electron chi connectivity index (χ2n) is 5.95. The van der Waals surface area contributed by atoms with E-state index in [1.165, 1.54) is 18.2 Å². The van der Waals surface area contributed by atoms with Crippen LogP contribution < -0.4 is 4.72 Å². The van der Waals surface area contributed by atoms with Crippen LogP contribution in [0.4, 0.5) is 0 Å². The van der Waals surface area contributed by atoms with E-state index in [1.807, 2.05) is 27.7 Å². The number of aliphatic carboxylic acids is 1. The lowest BCUT2D eigenvalue weighted by molar-refractivity contribution is -0.131. The fraction of sp³-hybridized carbons (Fsp3) is 0.400. The van der Waals surface area contributed by atoms with Gasteiger partial charge >= 0.3 is 5.97 Å². The molecule has 0 spiro atoms. The van der Waals surface area contributed by atoms with Gasteiger partial charge in [-0.05, 0) is 36.1 Å².